The largest absolute Gasteiger partial charge is 0.443 e. The summed E-state index contributed by atoms with van der Waals surface area (Å²) in [4.78, 5) is 44.4. The van der Waals surface area contributed by atoms with Gasteiger partial charge in [0, 0.05) is 38.1 Å². The highest BCUT2D eigenvalue weighted by atomic mass is 32.1. The van der Waals surface area contributed by atoms with Crippen molar-refractivity contribution in [3.8, 4) is 0 Å². The van der Waals surface area contributed by atoms with Crippen molar-refractivity contribution in [2.24, 2.45) is 0 Å². The molecule has 3 amide bonds. The minimum Gasteiger partial charge on any atom is -0.443 e. The van der Waals surface area contributed by atoms with E-state index >= 15 is 0 Å². The third-order valence-electron chi connectivity index (χ3n) is 4.32. The molecule has 0 aromatic carbocycles. The predicted octanol–water partition coefficient (Wildman–Crippen LogP) is 2.40. The summed E-state index contributed by atoms with van der Waals surface area (Å²) in [5.74, 6) is -0.507. The van der Waals surface area contributed by atoms with E-state index in [1.807, 2.05) is 5.38 Å². The lowest BCUT2D eigenvalue weighted by Crippen LogP contribution is -2.51. The average molecular weight is 411 g/mol. The van der Waals surface area contributed by atoms with Gasteiger partial charge in [0.25, 0.3) is 5.91 Å². The summed E-state index contributed by atoms with van der Waals surface area (Å²) in [5.41, 5.74) is -0.700. The molecule has 8 nitrogen and oxygen atoms in total. The molecule has 156 valence electrons. The second-order valence-corrected chi connectivity index (χ2v) is 8.78. The third kappa shape index (κ3) is 6.56. The van der Waals surface area contributed by atoms with Gasteiger partial charge in [0.2, 0.25) is 5.91 Å². The maximum atomic E-state index is 13.0. The highest BCUT2D eigenvalue weighted by Crippen LogP contribution is 2.21. The summed E-state index contributed by atoms with van der Waals surface area (Å²) < 4.78 is 5.43. The molecular formula is C19H30N4O4S. The number of nitrogens with one attached hydrogen (secondary N) is 1. The Balaban J connectivity index is 1.96. The molecule has 0 aliphatic carbocycles. The van der Waals surface area contributed by atoms with E-state index in [2.05, 4.69) is 10.3 Å². The molecule has 1 N–H and O–H groups in total. The molecule has 1 aliphatic heterocycles. The van der Waals surface area contributed by atoms with E-state index in [-0.39, 0.29) is 18.4 Å². The molecule has 1 aromatic rings. The van der Waals surface area contributed by atoms with Crippen LogP contribution in [0.3, 0.4) is 0 Å². The van der Waals surface area contributed by atoms with E-state index in [1.165, 1.54) is 6.92 Å². The minimum atomic E-state index is -0.700. The van der Waals surface area contributed by atoms with E-state index < -0.39 is 17.7 Å². The second-order valence-electron chi connectivity index (χ2n) is 7.80. The van der Waals surface area contributed by atoms with E-state index in [4.69, 9.17) is 4.74 Å². The first-order valence-electron chi connectivity index (χ1n) is 9.59. The number of ether oxygens (including phenoxy) is 1. The van der Waals surface area contributed by atoms with Gasteiger partial charge in [-0.25, -0.2) is 14.7 Å². The van der Waals surface area contributed by atoms with Crippen LogP contribution >= 0.6 is 11.3 Å². The quantitative estimate of drug-likeness (QED) is 0.694. The lowest BCUT2D eigenvalue weighted by atomic mass is 10.2. The Kier molecular flexibility index (Phi) is 7.94. The van der Waals surface area contributed by atoms with E-state index in [0.29, 0.717) is 32.5 Å². The number of carbonyl (C=O) groups excluding carboxylic acids is 3. The Bertz CT molecular complexity index is 672. The van der Waals surface area contributed by atoms with Crippen LogP contribution in [0.4, 0.5) is 4.79 Å². The summed E-state index contributed by atoms with van der Waals surface area (Å²) >= 11 is 1.57. The number of aromatic nitrogens is 1. The summed E-state index contributed by atoms with van der Waals surface area (Å²) in [7, 11) is 0. The predicted molar refractivity (Wildman–Crippen MR) is 107 cm³/mol. The summed E-state index contributed by atoms with van der Waals surface area (Å²) in [5, 5.41) is 6.17. The number of nitrogens with zero attached hydrogens (tertiary/aromatic N) is 3. The Morgan fingerprint density at radius 1 is 1.39 bits per heavy atom. The molecule has 2 heterocycles. The molecule has 1 atom stereocenters. The zero-order valence-corrected chi connectivity index (χ0v) is 17.9. The molecule has 1 saturated heterocycles. The van der Waals surface area contributed by atoms with E-state index in [1.54, 1.807) is 43.2 Å². The number of rotatable bonds is 7. The van der Waals surface area contributed by atoms with Crippen molar-refractivity contribution in [2.45, 2.75) is 65.1 Å². The van der Waals surface area contributed by atoms with E-state index in [0.717, 1.165) is 16.3 Å². The number of carbonyl (C=O) groups is 3. The van der Waals surface area contributed by atoms with Crippen molar-refractivity contribution in [3.05, 3.63) is 16.6 Å². The van der Waals surface area contributed by atoms with Crippen LogP contribution in [-0.4, -0.2) is 64.0 Å². The Morgan fingerprint density at radius 2 is 2.14 bits per heavy atom. The molecule has 9 heteroatoms. The molecule has 1 aromatic heterocycles. The molecule has 1 unspecified atom stereocenters. The SMILES string of the molecule is CC(=O)N1CCCC1C(=O)N(CCCNCc1nccs1)C(=O)OC(C)(C)C. The van der Waals surface area contributed by atoms with Crippen LogP contribution in [0.25, 0.3) is 0 Å². The number of likely N-dealkylation sites (tertiary alicyclic amines) is 1. The van der Waals surface area contributed by atoms with Crippen LogP contribution in [0.1, 0.15) is 52.0 Å². The van der Waals surface area contributed by atoms with Gasteiger partial charge >= 0.3 is 6.09 Å². The lowest BCUT2D eigenvalue weighted by Gasteiger charge is -2.30. The van der Waals surface area contributed by atoms with Gasteiger partial charge in [0.05, 0.1) is 0 Å². The average Bonchev–Trinajstić information content (AvgIpc) is 3.26. The van der Waals surface area contributed by atoms with Crippen LogP contribution < -0.4 is 5.32 Å². The number of hydrogen-bond donors (Lipinski definition) is 1. The van der Waals surface area contributed by atoms with Gasteiger partial charge in [-0.3, -0.25) is 9.59 Å². The van der Waals surface area contributed by atoms with Crippen LogP contribution in [0.2, 0.25) is 0 Å². The molecule has 0 spiro atoms. The molecule has 1 aliphatic rings. The van der Waals surface area contributed by atoms with Crippen molar-refractivity contribution < 1.29 is 19.1 Å². The maximum Gasteiger partial charge on any atom is 0.417 e. The fraction of sp³-hybridized carbons (Fsp3) is 0.684. The highest BCUT2D eigenvalue weighted by molar-refractivity contribution is 7.09. The van der Waals surface area contributed by atoms with Gasteiger partial charge in [-0.2, -0.15) is 0 Å². The Labute approximate surface area is 170 Å². The van der Waals surface area contributed by atoms with Crippen LogP contribution in [0.5, 0.6) is 0 Å². The summed E-state index contributed by atoms with van der Waals surface area (Å²) in [6.45, 7) is 8.81. The second kappa shape index (κ2) is 9.97. The normalized spacial score (nSPS) is 16.9. The van der Waals surface area contributed by atoms with Crippen LogP contribution in [0.15, 0.2) is 11.6 Å². The Morgan fingerprint density at radius 3 is 2.75 bits per heavy atom. The van der Waals surface area contributed by atoms with Gasteiger partial charge in [0.15, 0.2) is 0 Å². The summed E-state index contributed by atoms with van der Waals surface area (Å²) in [6.07, 6.45) is 3.01. The zero-order valence-electron chi connectivity index (χ0n) is 17.1. The number of hydrogen-bond acceptors (Lipinski definition) is 7. The van der Waals surface area contributed by atoms with Gasteiger partial charge in [-0.1, -0.05) is 0 Å². The molecule has 28 heavy (non-hydrogen) atoms. The third-order valence-corrected chi connectivity index (χ3v) is 5.10. The first-order chi connectivity index (χ1) is 13.2. The fourth-order valence-corrected chi connectivity index (χ4v) is 3.67. The molecule has 0 saturated carbocycles. The highest BCUT2D eigenvalue weighted by Gasteiger charge is 2.38. The smallest absolute Gasteiger partial charge is 0.417 e. The maximum absolute atomic E-state index is 13.0. The molecule has 2 rings (SSSR count). The van der Waals surface area contributed by atoms with Crippen molar-refractivity contribution in [1.29, 1.82) is 0 Å². The van der Waals surface area contributed by atoms with Gasteiger partial charge in [-0.05, 0) is 46.6 Å². The lowest BCUT2D eigenvalue weighted by molar-refractivity contribution is -0.142. The standard InChI is InChI=1S/C19H30N4O4S/c1-14(24)22-10-5-7-15(22)17(25)23(18(26)27-19(2,3)4)11-6-8-20-13-16-21-9-12-28-16/h9,12,15,20H,5-8,10-11,13H2,1-4H3. The van der Waals surface area contributed by atoms with Crippen LogP contribution in [-0.2, 0) is 20.9 Å². The van der Waals surface area contributed by atoms with Gasteiger partial charge in [-0.15, -0.1) is 11.3 Å². The fourth-order valence-electron chi connectivity index (χ4n) is 3.09. The van der Waals surface area contributed by atoms with Crippen molar-refractivity contribution >= 4 is 29.2 Å². The number of thiazole rings is 1. The molecular weight excluding hydrogens is 380 g/mol. The Hall–Kier alpha value is -2.00. The summed E-state index contributed by atoms with van der Waals surface area (Å²) in [6, 6.07) is -0.590. The molecule has 0 radical (unpaired) electrons. The molecule has 0 bridgehead atoms. The first kappa shape index (κ1) is 22.3. The van der Waals surface area contributed by atoms with Gasteiger partial charge < -0.3 is 15.0 Å². The minimum absolute atomic E-state index is 0.148. The number of imide groups is 1. The van der Waals surface area contributed by atoms with Gasteiger partial charge in [0.1, 0.15) is 16.7 Å². The zero-order chi connectivity index (χ0) is 20.7. The number of amides is 3. The van der Waals surface area contributed by atoms with Crippen molar-refractivity contribution in [1.82, 2.24) is 20.1 Å². The van der Waals surface area contributed by atoms with E-state index in [9.17, 15) is 14.4 Å². The molecule has 1 fully saturated rings. The monoisotopic (exact) mass is 410 g/mol. The topological polar surface area (TPSA) is 91.8 Å². The van der Waals surface area contributed by atoms with Crippen LogP contribution in [0, 0.1) is 0 Å². The first-order valence-corrected chi connectivity index (χ1v) is 10.5. The van der Waals surface area contributed by atoms with Crippen molar-refractivity contribution in [2.75, 3.05) is 19.6 Å². The van der Waals surface area contributed by atoms with Crippen molar-refractivity contribution in [3.63, 3.8) is 0 Å².